The van der Waals surface area contributed by atoms with Crippen LogP contribution in [0.1, 0.15) is 52.9 Å². The minimum absolute atomic E-state index is 0.790. The van der Waals surface area contributed by atoms with E-state index in [4.69, 9.17) is 0 Å². The predicted octanol–water partition coefficient (Wildman–Crippen LogP) is 4.73. The van der Waals surface area contributed by atoms with E-state index in [0.29, 0.717) is 0 Å². The van der Waals surface area contributed by atoms with Crippen molar-refractivity contribution in [3.8, 4) is 0 Å². The highest BCUT2D eigenvalue weighted by atomic mass is 14.3. The van der Waals surface area contributed by atoms with E-state index in [1.165, 1.54) is 43.3 Å². The van der Waals surface area contributed by atoms with E-state index in [1.807, 2.05) is 0 Å². The van der Waals surface area contributed by atoms with E-state index in [2.05, 4.69) is 33.4 Å². The summed E-state index contributed by atoms with van der Waals surface area (Å²) in [6, 6.07) is 0. The molecule has 14 heavy (non-hydrogen) atoms. The van der Waals surface area contributed by atoms with Gasteiger partial charge < -0.3 is 0 Å². The van der Waals surface area contributed by atoms with Crippen molar-refractivity contribution in [3.63, 3.8) is 0 Å². The fraction of sp³-hybridized carbons (Fsp3) is 0.714. The van der Waals surface area contributed by atoms with E-state index in [9.17, 15) is 0 Å². The van der Waals surface area contributed by atoms with Crippen LogP contribution in [0.4, 0.5) is 0 Å². The molecule has 0 aromatic carbocycles. The van der Waals surface area contributed by atoms with Crippen molar-refractivity contribution in [2.24, 2.45) is 11.8 Å². The normalized spacial score (nSPS) is 29.4. The van der Waals surface area contributed by atoms with Gasteiger partial charge in [-0.1, -0.05) is 30.7 Å². The maximum Gasteiger partial charge on any atom is -0.0177 e. The lowest BCUT2D eigenvalue weighted by Crippen LogP contribution is -2.18. The molecule has 0 aromatic rings. The lowest BCUT2D eigenvalue weighted by molar-refractivity contribution is 0.312. The van der Waals surface area contributed by atoms with Crippen LogP contribution in [0.15, 0.2) is 23.8 Å². The SMILES string of the molecule is C=C1CCCC(C)C1CC/C(C)=C/C. The Morgan fingerprint density at radius 1 is 1.57 bits per heavy atom. The molecule has 1 aliphatic rings. The van der Waals surface area contributed by atoms with Crippen LogP contribution in [0.2, 0.25) is 0 Å². The van der Waals surface area contributed by atoms with Crippen molar-refractivity contribution >= 4 is 0 Å². The van der Waals surface area contributed by atoms with Crippen LogP contribution >= 0.6 is 0 Å². The molecule has 1 aliphatic carbocycles. The summed E-state index contributed by atoms with van der Waals surface area (Å²) in [5.41, 5.74) is 3.03. The smallest absolute Gasteiger partial charge is 0.0177 e. The van der Waals surface area contributed by atoms with Crippen molar-refractivity contribution < 1.29 is 0 Å². The molecular formula is C14H24. The van der Waals surface area contributed by atoms with Gasteiger partial charge in [0.2, 0.25) is 0 Å². The number of rotatable bonds is 3. The van der Waals surface area contributed by atoms with Gasteiger partial charge in [-0.3, -0.25) is 0 Å². The van der Waals surface area contributed by atoms with Crippen LogP contribution in [-0.2, 0) is 0 Å². The van der Waals surface area contributed by atoms with Crippen LogP contribution in [0.5, 0.6) is 0 Å². The Morgan fingerprint density at radius 3 is 2.86 bits per heavy atom. The Labute approximate surface area is 89.1 Å². The van der Waals surface area contributed by atoms with E-state index in [1.54, 1.807) is 0 Å². The zero-order valence-corrected chi connectivity index (χ0v) is 9.97. The van der Waals surface area contributed by atoms with Gasteiger partial charge in [-0.15, -0.1) is 0 Å². The Balaban J connectivity index is 2.44. The van der Waals surface area contributed by atoms with Gasteiger partial charge in [0.05, 0.1) is 0 Å². The van der Waals surface area contributed by atoms with Gasteiger partial charge in [0.1, 0.15) is 0 Å². The van der Waals surface area contributed by atoms with E-state index in [0.717, 1.165) is 11.8 Å². The van der Waals surface area contributed by atoms with Crippen molar-refractivity contribution in [3.05, 3.63) is 23.8 Å². The monoisotopic (exact) mass is 192 g/mol. The average Bonchev–Trinajstić information content (AvgIpc) is 2.16. The summed E-state index contributed by atoms with van der Waals surface area (Å²) in [7, 11) is 0. The van der Waals surface area contributed by atoms with Crippen LogP contribution in [0, 0.1) is 11.8 Å². The molecule has 80 valence electrons. The largest absolute Gasteiger partial charge is 0.0996 e. The molecule has 0 amide bonds. The highest BCUT2D eigenvalue weighted by Crippen LogP contribution is 2.36. The molecule has 0 heterocycles. The van der Waals surface area contributed by atoms with E-state index in [-0.39, 0.29) is 0 Å². The number of hydrogen-bond acceptors (Lipinski definition) is 0. The molecule has 0 saturated heterocycles. The Kier molecular flexibility index (Phi) is 4.44. The average molecular weight is 192 g/mol. The Morgan fingerprint density at radius 2 is 2.29 bits per heavy atom. The second-order valence-electron chi connectivity index (χ2n) is 4.81. The molecule has 0 spiro atoms. The molecule has 0 aliphatic heterocycles. The first kappa shape index (κ1) is 11.6. The Hall–Kier alpha value is -0.520. The van der Waals surface area contributed by atoms with Gasteiger partial charge in [0, 0.05) is 0 Å². The second-order valence-corrected chi connectivity index (χ2v) is 4.81. The zero-order chi connectivity index (χ0) is 10.6. The first-order valence-corrected chi connectivity index (χ1v) is 5.94. The highest BCUT2D eigenvalue weighted by Gasteiger charge is 2.23. The van der Waals surface area contributed by atoms with Gasteiger partial charge in [-0.25, -0.2) is 0 Å². The molecule has 0 nitrogen and oxygen atoms in total. The summed E-state index contributed by atoms with van der Waals surface area (Å²) < 4.78 is 0. The van der Waals surface area contributed by atoms with Gasteiger partial charge in [0.25, 0.3) is 0 Å². The summed E-state index contributed by atoms with van der Waals surface area (Å²) in [6.45, 7) is 11.0. The highest BCUT2D eigenvalue weighted by molar-refractivity contribution is 5.07. The van der Waals surface area contributed by atoms with Crippen LogP contribution in [0.25, 0.3) is 0 Å². The van der Waals surface area contributed by atoms with Gasteiger partial charge >= 0.3 is 0 Å². The third kappa shape index (κ3) is 3.01. The molecule has 2 unspecified atom stereocenters. The fourth-order valence-electron chi connectivity index (χ4n) is 2.46. The molecule has 1 rings (SSSR count). The molecule has 0 bridgehead atoms. The molecule has 0 N–H and O–H groups in total. The number of allylic oxidation sites excluding steroid dienone is 3. The predicted molar refractivity (Wildman–Crippen MR) is 64.3 cm³/mol. The lowest BCUT2D eigenvalue weighted by Gasteiger charge is -2.31. The van der Waals surface area contributed by atoms with Crippen molar-refractivity contribution in [1.29, 1.82) is 0 Å². The molecule has 0 aromatic heterocycles. The summed E-state index contributed by atoms with van der Waals surface area (Å²) >= 11 is 0. The maximum absolute atomic E-state index is 4.23. The molecule has 0 heteroatoms. The van der Waals surface area contributed by atoms with Crippen molar-refractivity contribution in [2.75, 3.05) is 0 Å². The van der Waals surface area contributed by atoms with Gasteiger partial charge in [-0.05, 0) is 57.8 Å². The third-order valence-electron chi connectivity index (χ3n) is 3.71. The molecule has 1 fully saturated rings. The zero-order valence-electron chi connectivity index (χ0n) is 9.97. The van der Waals surface area contributed by atoms with Crippen molar-refractivity contribution in [2.45, 2.75) is 52.9 Å². The van der Waals surface area contributed by atoms with Gasteiger partial charge in [0.15, 0.2) is 0 Å². The maximum atomic E-state index is 4.23. The van der Waals surface area contributed by atoms with Gasteiger partial charge in [-0.2, -0.15) is 0 Å². The summed E-state index contributed by atoms with van der Waals surface area (Å²) in [4.78, 5) is 0. The third-order valence-corrected chi connectivity index (χ3v) is 3.71. The fourth-order valence-corrected chi connectivity index (χ4v) is 2.46. The molecule has 2 atom stereocenters. The first-order valence-electron chi connectivity index (χ1n) is 5.94. The topological polar surface area (TPSA) is 0 Å². The summed E-state index contributed by atoms with van der Waals surface area (Å²) in [5.74, 6) is 1.65. The first-order chi connectivity index (χ1) is 6.65. The molecular weight excluding hydrogens is 168 g/mol. The molecule has 1 saturated carbocycles. The minimum Gasteiger partial charge on any atom is -0.0996 e. The summed E-state index contributed by atoms with van der Waals surface area (Å²) in [5, 5.41) is 0. The van der Waals surface area contributed by atoms with Crippen LogP contribution in [-0.4, -0.2) is 0 Å². The van der Waals surface area contributed by atoms with E-state index >= 15 is 0 Å². The Bertz CT molecular complexity index is 222. The lowest BCUT2D eigenvalue weighted by atomic mass is 9.75. The van der Waals surface area contributed by atoms with Crippen LogP contribution in [0.3, 0.4) is 0 Å². The molecule has 0 radical (unpaired) electrons. The quantitative estimate of drug-likeness (QED) is 0.567. The van der Waals surface area contributed by atoms with Crippen molar-refractivity contribution in [1.82, 2.24) is 0 Å². The van der Waals surface area contributed by atoms with E-state index < -0.39 is 0 Å². The van der Waals surface area contributed by atoms with Crippen LogP contribution < -0.4 is 0 Å². The second kappa shape index (κ2) is 5.38. The standard InChI is InChI=1S/C14H24/c1-5-11(2)9-10-14-12(3)7-6-8-13(14)4/h5,13-14H,3,6-10H2,1-2,4H3/b11-5+. The minimum atomic E-state index is 0.790. The summed E-state index contributed by atoms with van der Waals surface area (Å²) in [6.07, 6.45) is 8.83. The number of hydrogen-bond donors (Lipinski definition) is 0.